The molecule has 2 nitrogen and oxygen atoms in total. The van der Waals surface area contributed by atoms with Crippen molar-refractivity contribution in [3.05, 3.63) is 63.4 Å². The molecule has 2 aromatic rings. The highest BCUT2D eigenvalue weighted by molar-refractivity contribution is 9.10. The van der Waals surface area contributed by atoms with Crippen LogP contribution in [-0.2, 0) is 5.33 Å². The fourth-order valence-corrected chi connectivity index (χ4v) is 2.55. The highest BCUT2D eigenvalue weighted by atomic mass is 79.9. The van der Waals surface area contributed by atoms with Crippen LogP contribution in [0.4, 0.5) is 10.1 Å². The number of halogens is 3. The third-order valence-corrected chi connectivity index (χ3v) is 4.14. The molecule has 0 fully saturated rings. The SMILES string of the molecule is Cc1cc(Br)c(F)cc1NC(=O)c1ccc(CBr)cc1. The number of amides is 1. The quantitative estimate of drug-likeness (QED) is 0.718. The lowest BCUT2D eigenvalue weighted by Crippen LogP contribution is -2.13. The van der Waals surface area contributed by atoms with Gasteiger partial charge in [0.25, 0.3) is 5.91 Å². The zero-order chi connectivity index (χ0) is 14.7. The predicted octanol–water partition coefficient (Wildman–Crippen LogP) is 5.04. The maximum absolute atomic E-state index is 13.5. The Kier molecular flexibility index (Phi) is 4.94. The molecule has 2 aromatic carbocycles. The van der Waals surface area contributed by atoms with Crippen molar-refractivity contribution in [1.82, 2.24) is 0 Å². The molecule has 0 saturated carbocycles. The number of carbonyl (C=O) groups excluding carboxylic acids is 1. The summed E-state index contributed by atoms with van der Waals surface area (Å²) in [5.74, 6) is -0.656. The molecule has 0 heterocycles. The first-order valence-electron chi connectivity index (χ1n) is 5.93. The van der Waals surface area contributed by atoms with Crippen molar-refractivity contribution in [2.75, 3.05) is 5.32 Å². The van der Waals surface area contributed by atoms with Gasteiger partial charge < -0.3 is 5.32 Å². The molecule has 0 aliphatic carbocycles. The summed E-state index contributed by atoms with van der Waals surface area (Å²) >= 11 is 6.47. The minimum Gasteiger partial charge on any atom is -0.322 e. The van der Waals surface area contributed by atoms with Crippen LogP contribution in [-0.4, -0.2) is 5.91 Å². The Bertz CT molecular complexity index is 641. The van der Waals surface area contributed by atoms with Crippen molar-refractivity contribution in [3.8, 4) is 0 Å². The molecule has 0 spiro atoms. The first-order chi connectivity index (χ1) is 9.51. The van der Waals surface area contributed by atoms with Gasteiger partial charge in [-0.3, -0.25) is 4.79 Å². The van der Waals surface area contributed by atoms with Crippen LogP contribution < -0.4 is 5.32 Å². The second kappa shape index (κ2) is 6.50. The van der Waals surface area contributed by atoms with Gasteiger partial charge in [0.1, 0.15) is 5.82 Å². The van der Waals surface area contributed by atoms with Gasteiger partial charge >= 0.3 is 0 Å². The summed E-state index contributed by atoms with van der Waals surface area (Å²) in [6, 6.07) is 10.2. The third-order valence-electron chi connectivity index (χ3n) is 2.89. The largest absolute Gasteiger partial charge is 0.322 e. The maximum Gasteiger partial charge on any atom is 0.255 e. The van der Waals surface area contributed by atoms with E-state index < -0.39 is 5.82 Å². The number of rotatable bonds is 3. The van der Waals surface area contributed by atoms with E-state index in [0.29, 0.717) is 15.7 Å². The summed E-state index contributed by atoms with van der Waals surface area (Å²) in [6.07, 6.45) is 0. The molecule has 0 saturated heterocycles. The second-order valence-corrected chi connectivity index (χ2v) is 5.78. The second-order valence-electron chi connectivity index (χ2n) is 4.37. The number of hydrogen-bond donors (Lipinski definition) is 1. The molecule has 0 aliphatic heterocycles. The fourth-order valence-electron chi connectivity index (χ4n) is 1.72. The van der Waals surface area contributed by atoms with Crippen LogP contribution in [0.5, 0.6) is 0 Å². The number of benzene rings is 2. The number of hydrogen-bond acceptors (Lipinski definition) is 1. The lowest BCUT2D eigenvalue weighted by atomic mass is 10.1. The summed E-state index contributed by atoms with van der Waals surface area (Å²) in [5, 5.41) is 3.46. The summed E-state index contributed by atoms with van der Waals surface area (Å²) in [4.78, 5) is 12.1. The fraction of sp³-hybridized carbons (Fsp3) is 0.133. The summed E-state index contributed by atoms with van der Waals surface area (Å²) in [5.41, 5.74) is 2.90. The lowest BCUT2D eigenvalue weighted by molar-refractivity contribution is 0.102. The number of anilines is 1. The molecule has 1 amide bonds. The van der Waals surface area contributed by atoms with Gasteiger partial charge in [0.2, 0.25) is 0 Å². The van der Waals surface area contributed by atoms with Crippen LogP contribution in [0.25, 0.3) is 0 Å². The van der Waals surface area contributed by atoms with Crippen molar-refractivity contribution in [2.24, 2.45) is 0 Å². The smallest absolute Gasteiger partial charge is 0.255 e. The maximum atomic E-state index is 13.5. The van der Waals surface area contributed by atoms with E-state index in [1.807, 2.05) is 19.1 Å². The van der Waals surface area contributed by atoms with Crippen LogP contribution >= 0.6 is 31.9 Å². The van der Waals surface area contributed by atoms with E-state index in [0.717, 1.165) is 16.5 Å². The average Bonchev–Trinajstić information content (AvgIpc) is 2.44. The third kappa shape index (κ3) is 3.46. The molecule has 1 N–H and O–H groups in total. The Balaban J connectivity index is 2.20. The van der Waals surface area contributed by atoms with E-state index in [9.17, 15) is 9.18 Å². The van der Waals surface area contributed by atoms with E-state index >= 15 is 0 Å². The molecule has 2 rings (SSSR count). The first kappa shape index (κ1) is 15.2. The molecule has 0 aromatic heterocycles. The van der Waals surface area contributed by atoms with E-state index in [1.165, 1.54) is 6.07 Å². The Morgan fingerprint density at radius 1 is 1.25 bits per heavy atom. The van der Waals surface area contributed by atoms with Gasteiger partial charge in [-0.2, -0.15) is 0 Å². The standard InChI is InChI=1S/C15H12Br2FNO/c1-9-6-12(17)13(18)7-14(9)19-15(20)11-4-2-10(8-16)3-5-11/h2-7H,8H2,1H3,(H,19,20). The van der Waals surface area contributed by atoms with Gasteiger partial charge in [0.15, 0.2) is 0 Å². The number of alkyl halides is 1. The van der Waals surface area contributed by atoms with E-state index in [1.54, 1.807) is 18.2 Å². The van der Waals surface area contributed by atoms with Gasteiger partial charge in [0.05, 0.1) is 4.47 Å². The molecule has 20 heavy (non-hydrogen) atoms. The molecular weight excluding hydrogens is 389 g/mol. The van der Waals surface area contributed by atoms with Crippen LogP contribution in [0.2, 0.25) is 0 Å². The monoisotopic (exact) mass is 399 g/mol. The molecule has 104 valence electrons. The van der Waals surface area contributed by atoms with Gasteiger partial charge in [-0.25, -0.2) is 4.39 Å². The highest BCUT2D eigenvalue weighted by Gasteiger charge is 2.10. The molecule has 0 aliphatic rings. The van der Waals surface area contributed by atoms with Crippen LogP contribution in [0.15, 0.2) is 40.9 Å². The van der Waals surface area contributed by atoms with E-state index in [4.69, 9.17) is 0 Å². The normalized spacial score (nSPS) is 10.4. The Morgan fingerprint density at radius 3 is 2.50 bits per heavy atom. The topological polar surface area (TPSA) is 29.1 Å². The van der Waals surface area contributed by atoms with Crippen LogP contribution in [0, 0.1) is 12.7 Å². The van der Waals surface area contributed by atoms with Crippen molar-refractivity contribution >= 4 is 43.5 Å². The number of aryl methyl sites for hydroxylation is 1. The lowest BCUT2D eigenvalue weighted by Gasteiger charge is -2.10. The molecule has 5 heteroatoms. The van der Waals surface area contributed by atoms with E-state index in [-0.39, 0.29) is 5.91 Å². The van der Waals surface area contributed by atoms with Crippen molar-refractivity contribution in [3.63, 3.8) is 0 Å². The summed E-state index contributed by atoms with van der Waals surface area (Å²) in [6.45, 7) is 1.81. The first-order valence-corrected chi connectivity index (χ1v) is 7.84. The minimum atomic E-state index is -0.402. The van der Waals surface area contributed by atoms with Gasteiger partial charge in [0, 0.05) is 16.6 Å². The Labute approximate surface area is 133 Å². The molecule has 0 bridgehead atoms. The molecule has 0 radical (unpaired) electrons. The zero-order valence-corrected chi connectivity index (χ0v) is 13.9. The molecular formula is C15H12Br2FNO. The minimum absolute atomic E-state index is 0.254. The van der Waals surface area contributed by atoms with Crippen molar-refractivity contribution < 1.29 is 9.18 Å². The van der Waals surface area contributed by atoms with Gasteiger partial charge in [-0.15, -0.1) is 0 Å². The highest BCUT2D eigenvalue weighted by Crippen LogP contribution is 2.24. The zero-order valence-electron chi connectivity index (χ0n) is 10.7. The van der Waals surface area contributed by atoms with Crippen molar-refractivity contribution in [2.45, 2.75) is 12.3 Å². The van der Waals surface area contributed by atoms with Crippen LogP contribution in [0.1, 0.15) is 21.5 Å². The average molecular weight is 401 g/mol. The summed E-state index contributed by atoms with van der Waals surface area (Å²) < 4.78 is 13.9. The number of nitrogens with one attached hydrogen (secondary N) is 1. The Hall–Kier alpha value is -1.20. The summed E-state index contributed by atoms with van der Waals surface area (Å²) in [7, 11) is 0. The molecule has 0 unspecified atom stereocenters. The predicted molar refractivity (Wildman–Crippen MR) is 85.9 cm³/mol. The molecule has 0 atom stereocenters. The van der Waals surface area contributed by atoms with Gasteiger partial charge in [-0.05, 0) is 58.2 Å². The van der Waals surface area contributed by atoms with Crippen LogP contribution in [0.3, 0.4) is 0 Å². The van der Waals surface area contributed by atoms with E-state index in [2.05, 4.69) is 37.2 Å². The Morgan fingerprint density at radius 2 is 1.90 bits per heavy atom. The van der Waals surface area contributed by atoms with Gasteiger partial charge in [-0.1, -0.05) is 28.1 Å². The van der Waals surface area contributed by atoms with Crippen molar-refractivity contribution in [1.29, 1.82) is 0 Å². The number of carbonyl (C=O) groups is 1.